The van der Waals surface area contributed by atoms with E-state index in [9.17, 15) is 9.59 Å². The molecule has 0 amide bonds. The van der Waals surface area contributed by atoms with Gasteiger partial charge >= 0.3 is 5.97 Å². The Hall–Kier alpha value is -3.34. The van der Waals surface area contributed by atoms with Gasteiger partial charge in [0.05, 0.1) is 5.69 Å². The third kappa shape index (κ3) is 5.83. The van der Waals surface area contributed by atoms with Crippen LogP contribution in [0.5, 0.6) is 5.75 Å². The minimum Gasteiger partial charge on any atom is -0.482 e. The second-order valence-corrected chi connectivity index (χ2v) is 8.24. The van der Waals surface area contributed by atoms with Crippen molar-refractivity contribution in [2.75, 3.05) is 6.61 Å². The van der Waals surface area contributed by atoms with E-state index in [2.05, 4.69) is 0 Å². The summed E-state index contributed by atoms with van der Waals surface area (Å²) in [5.41, 5.74) is 2.82. The molecule has 0 bridgehead atoms. The molecule has 3 aromatic rings. The Balaban J connectivity index is 1.69. The third-order valence-corrected chi connectivity index (χ3v) is 4.40. The van der Waals surface area contributed by atoms with Crippen LogP contribution in [0.2, 0.25) is 0 Å². The zero-order valence-electron chi connectivity index (χ0n) is 17.8. The maximum atomic E-state index is 12.9. The SMILES string of the molecule is Cc1ccc(C(=O)c2cccn2Cc2cccc(OCC(=O)OC(C)(C)C)c2)cc1. The van der Waals surface area contributed by atoms with Gasteiger partial charge in [0, 0.05) is 18.3 Å². The molecule has 0 spiro atoms. The monoisotopic (exact) mass is 405 g/mol. The van der Waals surface area contributed by atoms with Crippen LogP contribution in [0.25, 0.3) is 0 Å². The summed E-state index contributed by atoms with van der Waals surface area (Å²) in [4.78, 5) is 24.8. The Kier molecular flexibility index (Phi) is 6.40. The largest absolute Gasteiger partial charge is 0.482 e. The van der Waals surface area contributed by atoms with Gasteiger partial charge in [-0.2, -0.15) is 0 Å². The quantitative estimate of drug-likeness (QED) is 0.419. The first kappa shape index (κ1) is 21.4. The van der Waals surface area contributed by atoms with Gasteiger partial charge in [-0.05, 0) is 57.5 Å². The second-order valence-electron chi connectivity index (χ2n) is 8.24. The number of ether oxygens (including phenoxy) is 2. The van der Waals surface area contributed by atoms with E-state index in [-0.39, 0.29) is 12.4 Å². The van der Waals surface area contributed by atoms with Crippen LogP contribution in [0.15, 0.2) is 66.9 Å². The van der Waals surface area contributed by atoms with Gasteiger partial charge in [-0.3, -0.25) is 4.79 Å². The molecule has 5 heteroatoms. The topological polar surface area (TPSA) is 57.5 Å². The molecule has 5 nitrogen and oxygen atoms in total. The Morgan fingerprint density at radius 2 is 1.70 bits per heavy atom. The lowest BCUT2D eigenvalue weighted by Crippen LogP contribution is -2.27. The third-order valence-electron chi connectivity index (χ3n) is 4.40. The Labute approximate surface area is 177 Å². The summed E-state index contributed by atoms with van der Waals surface area (Å²) >= 11 is 0. The van der Waals surface area contributed by atoms with E-state index in [4.69, 9.17) is 9.47 Å². The number of aryl methyl sites for hydroxylation is 1. The van der Waals surface area contributed by atoms with Crippen molar-refractivity contribution in [1.82, 2.24) is 4.57 Å². The molecule has 0 saturated carbocycles. The van der Waals surface area contributed by atoms with Crippen LogP contribution in [0.3, 0.4) is 0 Å². The average Bonchev–Trinajstić information content (AvgIpc) is 3.13. The molecular weight excluding hydrogens is 378 g/mol. The lowest BCUT2D eigenvalue weighted by Gasteiger charge is -2.19. The first-order valence-corrected chi connectivity index (χ1v) is 9.91. The van der Waals surface area contributed by atoms with Gasteiger partial charge in [0.15, 0.2) is 6.61 Å². The van der Waals surface area contributed by atoms with Crippen LogP contribution in [0.4, 0.5) is 0 Å². The molecule has 3 rings (SSSR count). The molecule has 2 aromatic carbocycles. The highest BCUT2D eigenvalue weighted by molar-refractivity contribution is 6.08. The van der Waals surface area contributed by atoms with Gasteiger partial charge < -0.3 is 14.0 Å². The number of benzene rings is 2. The first-order valence-electron chi connectivity index (χ1n) is 9.91. The van der Waals surface area contributed by atoms with Crippen molar-refractivity contribution in [2.45, 2.75) is 39.8 Å². The van der Waals surface area contributed by atoms with Crippen molar-refractivity contribution >= 4 is 11.8 Å². The molecule has 0 N–H and O–H groups in total. The molecule has 0 aliphatic heterocycles. The second kappa shape index (κ2) is 8.99. The van der Waals surface area contributed by atoms with E-state index < -0.39 is 11.6 Å². The molecule has 1 heterocycles. The molecule has 0 atom stereocenters. The number of aromatic nitrogens is 1. The van der Waals surface area contributed by atoms with Crippen LogP contribution < -0.4 is 4.74 Å². The summed E-state index contributed by atoms with van der Waals surface area (Å²) < 4.78 is 12.8. The summed E-state index contributed by atoms with van der Waals surface area (Å²) in [5, 5.41) is 0. The van der Waals surface area contributed by atoms with E-state index in [1.54, 1.807) is 6.07 Å². The zero-order valence-corrected chi connectivity index (χ0v) is 17.8. The highest BCUT2D eigenvalue weighted by atomic mass is 16.6. The van der Waals surface area contributed by atoms with Gasteiger partial charge in [-0.1, -0.05) is 42.0 Å². The number of rotatable bonds is 7. The zero-order chi connectivity index (χ0) is 21.7. The number of hydrogen-bond acceptors (Lipinski definition) is 4. The summed E-state index contributed by atoms with van der Waals surface area (Å²) in [6.45, 7) is 7.81. The Morgan fingerprint density at radius 1 is 0.967 bits per heavy atom. The highest BCUT2D eigenvalue weighted by Gasteiger charge is 2.17. The number of carbonyl (C=O) groups is 2. The van der Waals surface area contributed by atoms with E-state index in [0.29, 0.717) is 23.6 Å². The molecule has 0 aliphatic carbocycles. The number of nitrogens with zero attached hydrogens (tertiary/aromatic N) is 1. The van der Waals surface area contributed by atoms with Crippen LogP contribution >= 0.6 is 0 Å². The predicted octanol–water partition coefficient (Wildman–Crippen LogP) is 4.80. The van der Waals surface area contributed by atoms with Gasteiger partial charge in [0.2, 0.25) is 5.78 Å². The molecule has 0 unspecified atom stereocenters. The van der Waals surface area contributed by atoms with Crippen molar-refractivity contribution in [2.24, 2.45) is 0 Å². The summed E-state index contributed by atoms with van der Waals surface area (Å²) in [5.74, 6) is 0.151. The fourth-order valence-corrected chi connectivity index (χ4v) is 3.05. The first-order chi connectivity index (χ1) is 14.2. The molecule has 0 fully saturated rings. The van der Waals surface area contributed by atoms with Gasteiger partial charge in [0.25, 0.3) is 0 Å². The number of hydrogen-bond donors (Lipinski definition) is 0. The smallest absolute Gasteiger partial charge is 0.344 e. The van der Waals surface area contributed by atoms with Crippen molar-refractivity contribution < 1.29 is 19.1 Å². The highest BCUT2D eigenvalue weighted by Crippen LogP contribution is 2.18. The molecule has 0 aliphatic rings. The average molecular weight is 405 g/mol. The fourth-order valence-electron chi connectivity index (χ4n) is 3.05. The van der Waals surface area contributed by atoms with E-state index in [1.807, 2.05) is 93.1 Å². The molecule has 156 valence electrons. The van der Waals surface area contributed by atoms with Crippen molar-refractivity contribution in [1.29, 1.82) is 0 Å². The van der Waals surface area contributed by atoms with Gasteiger partial charge in [-0.25, -0.2) is 4.79 Å². The van der Waals surface area contributed by atoms with Crippen molar-refractivity contribution in [3.8, 4) is 5.75 Å². The molecule has 0 radical (unpaired) electrons. The van der Waals surface area contributed by atoms with E-state index >= 15 is 0 Å². The van der Waals surface area contributed by atoms with E-state index in [0.717, 1.165) is 11.1 Å². The normalized spacial score (nSPS) is 11.2. The van der Waals surface area contributed by atoms with Crippen LogP contribution in [0, 0.1) is 6.92 Å². The molecule has 30 heavy (non-hydrogen) atoms. The number of ketones is 1. The lowest BCUT2D eigenvalue weighted by molar-refractivity contribution is -0.157. The maximum Gasteiger partial charge on any atom is 0.344 e. The Morgan fingerprint density at radius 3 is 2.40 bits per heavy atom. The summed E-state index contributed by atoms with van der Waals surface area (Å²) in [7, 11) is 0. The predicted molar refractivity (Wildman–Crippen MR) is 116 cm³/mol. The standard InChI is InChI=1S/C25H27NO4/c1-18-10-12-20(13-11-18)24(28)22-9-6-14-26(22)16-19-7-5-8-21(15-19)29-17-23(27)30-25(2,3)4/h5-15H,16-17H2,1-4H3. The molecule has 1 aromatic heterocycles. The van der Waals surface area contributed by atoms with Crippen LogP contribution in [0.1, 0.15) is 48.0 Å². The minimum atomic E-state index is -0.545. The maximum absolute atomic E-state index is 12.9. The van der Waals surface area contributed by atoms with Gasteiger partial charge in [-0.15, -0.1) is 0 Å². The summed E-state index contributed by atoms with van der Waals surface area (Å²) in [6, 6.07) is 18.7. The van der Waals surface area contributed by atoms with E-state index in [1.165, 1.54) is 0 Å². The minimum absolute atomic E-state index is 0.0164. The van der Waals surface area contributed by atoms with Crippen LogP contribution in [-0.2, 0) is 16.1 Å². The lowest BCUT2D eigenvalue weighted by atomic mass is 10.1. The van der Waals surface area contributed by atoms with Crippen molar-refractivity contribution in [3.63, 3.8) is 0 Å². The van der Waals surface area contributed by atoms with Crippen molar-refractivity contribution in [3.05, 3.63) is 89.2 Å². The van der Waals surface area contributed by atoms with Crippen LogP contribution in [-0.4, -0.2) is 28.5 Å². The molecular formula is C25H27NO4. The Bertz CT molecular complexity index is 1030. The van der Waals surface area contributed by atoms with Gasteiger partial charge in [0.1, 0.15) is 11.4 Å². The number of esters is 1. The summed E-state index contributed by atoms with van der Waals surface area (Å²) in [6.07, 6.45) is 1.88. The fraction of sp³-hybridized carbons (Fsp3) is 0.280. The number of carbonyl (C=O) groups excluding carboxylic acids is 2. The molecule has 0 saturated heterocycles.